The lowest BCUT2D eigenvalue weighted by Gasteiger charge is -2.34. The SMILES string of the molecule is O=C(C=Cc1ccc(Br)o1)N1CC(O)C1. The third-order valence-corrected chi connectivity index (χ3v) is 2.58. The Hall–Kier alpha value is -1.07. The molecule has 1 amide bonds. The Balaban J connectivity index is 1.91. The summed E-state index contributed by atoms with van der Waals surface area (Å²) in [5.74, 6) is 0.518. The van der Waals surface area contributed by atoms with Crippen LogP contribution in [0, 0.1) is 0 Å². The number of likely N-dealkylation sites (tertiary alicyclic amines) is 1. The van der Waals surface area contributed by atoms with E-state index in [0.717, 1.165) is 0 Å². The zero-order chi connectivity index (χ0) is 10.8. The van der Waals surface area contributed by atoms with Crippen LogP contribution in [0.15, 0.2) is 27.3 Å². The van der Waals surface area contributed by atoms with Gasteiger partial charge in [-0.15, -0.1) is 0 Å². The van der Waals surface area contributed by atoms with Gasteiger partial charge in [0.05, 0.1) is 6.10 Å². The number of furan rings is 1. The van der Waals surface area contributed by atoms with Crippen molar-refractivity contribution in [2.75, 3.05) is 13.1 Å². The number of aliphatic hydroxyl groups is 1. The van der Waals surface area contributed by atoms with Crippen molar-refractivity contribution in [3.8, 4) is 0 Å². The molecule has 0 unspecified atom stereocenters. The highest BCUT2D eigenvalue weighted by atomic mass is 79.9. The molecule has 4 nitrogen and oxygen atoms in total. The van der Waals surface area contributed by atoms with Gasteiger partial charge >= 0.3 is 0 Å². The summed E-state index contributed by atoms with van der Waals surface area (Å²) in [5, 5.41) is 9.01. The minimum Gasteiger partial charge on any atom is -0.450 e. The first kappa shape index (κ1) is 10.4. The molecule has 1 N–H and O–H groups in total. The summed E-state index contributed by atoms with van der Waals surface area (Å²) in [6.45, 7) is 0.843. The van der Waals surface area contributed by atoms with Gasteiger partial charge in [0.25, 0.3) is 0 Å². The molecule has 1 aromatic rings. The minimum atomic E-state index is -0.361. The molecule has 2 heterocycles. The first-order chi connectivity index (χ1) is 7.15. The number of carbonyl (C=O) groups is 1. The molecular weight excluding hydrogens is 262 g/mol. The van der Waals surface area contributed by atoms with Crippen molar-refractivity contribution >= 4 is 27.9 Å². The third-order valence-electron chi connectivity index (χ3n) is 2.16. The number of hydrogen-bond donors (Lipinski definition) is 1. The maximum Gasteiger partial charge on any atom is 0.246 e. The molecule has 1 aliphatic rings. The van der Waals surface area contributed by atoms with E-state index in [2.05, 4.69) is 15.9 Å². The molecular formula is C10H10BrNO3. The number of β-amino-alcohol motifs (C(OH)–C–C–N with tert-alkyl or cyclic N) is 1. The molecule has 1 fully saturated rings. The monoisotopic (exact) mass is 271 g/mol. The number of amides is 1. The Morgan fingerprint density at radius 1 is 1.60 bits per heavy atom. The molecule has 1 aliphatic heterocycles. The summed E-state index contributed by atoms with van der Waals surface area (Å²) in [6, 6.07) is 3.52. The second-order valence-corrected chi connectivity index (χ2v) is 4.15. The second-order valence-electron chi connectivity index (χ2n) is 3.37. The standard InChI is InChI=1S/C10H10BrNO3/c11-9-3-1-8(15-9)2-4-10(14)12-5-7(13)6-12/h1-4,7,13H,5-6H2. The van der Waals surface area contributed by atoms with Crippen molar-refractivity contribution in [2.24, 2.45) is 0 Å². The normalized spacial score (nSPS) is 17.1. The van der Waals surface area contributed by atoms with Crippen molar-refractivity contribution in [1.29, 1.82) is 0 Å². The van der Waals surface area contributed by atoms with Gasteiger partial charge < -0.3 is 14.4 Å². The van der Waals surface area contributed by atoms with Crippen LogP contribution in [-0.2, 0) is 4.79 Å². The van der Waals surface area contributed by atoms with Gasteiger partial charge in [-0.05, 0) is 34.1 Å². The van der Waals surface area contributed by atoms with E-state index in [0.29, 0.717) is 23.5 Å². The number of halogens is 1. The summed E-state index contributed by atoms with van der Waals surface area (Å²) in [6.07, 6.45) is 2.69. The molecule has 5 heteroatoms. The van der Waals surface area contributed by atoms with Crippen LogP contribution in [0.5, 0.6) is 0 Å². The topological polar surface area (TPSA) is 53.7 Å². The summed E-state index contributed by atoms with van der Waals surface area (Å²) in [5.41, 5.74) is 0. The predicted molar refractivity (Wildman–Crippen MR) is 58.0 cm³/mol. The summed E-state index contributed by atoms with van der Waals surface area (Å²) < 4.78 is 5.83. The van der Waals surface area contributed by atoms with Crippen LogP contribution in [0.1, 0.15) is 5.76 Å². The zero-order valence-corrected chi connectivity index (χ0v) is 9.48. The van der Waals surface area contributed by atoms with E-state index in [4.69, 9.17) is 9.52 Å². The highest BCUT2D eigenvalue weighted by Gasteiger charge is 2.26. The van der Waals surface area contributed by atoms with Crippen molar-refractivity contribution < 1.29 is 14.3 Å². The first-order valence-electron chi connectivity index (χ1n) is 4.55. The lowest BCUT2D eigenvalue weighted by Crippen LogP contribution is -2.52. The number of hydrogen-bond acceptors (Lipinski definition) is 3. The summed E-state index contributed by atoms with van der Waals surface area (Å²) >= 11 is 3.17. The maximum atomic E-state index is 11.4. The fraction of sp³-hybridized carbons (Fsp3) is 0.300. The molecule has 0 atom stereocenters. The molecule has 80 valence electrons. The molecule has 2 rings (SSSR count). The van der Waals surface area contributed by atoms with Crippen molar-refractivity contribution in [3.05, 3.63) is 28.6 Å². The molecule has 15 heavy (non-hydrogen) atoms. The number of carbonyl (C=O) groups excluding carboxylic acids is 1. The van der Waals surface area contributed by atoms with Gasteiger partial charge in [0.15, 0.2) is 4.67 Å². The highest BCUT2D eigenvalue weighted by molar-refractivity contribution is 9.10. The lowest BCUT2D eigenvalue weighted by atomic mass is 10.1. The Kier molecular flexibility index (Phi) is 2.93. The maximum absolute atomic E-state index is 11.4. The smallest absolute Gasteiger partial charge is 0.246 e. The van der Waals surface area contributed by atoms with E-state index >= 15 is 0 Å². The Morgan fingerprint density at radius 2 is 2.33 bits per heavy atom. The average molecular weight is 272 g/mol. The van der Waals surface area contributed by atoms with Gasteiger partial charge in [-0.3, -0.25) is 4.79 Å². The zero-order valence-electron chi connectivity index (χ0n) is 7.89. The Bertz CT molecular complexity index is 393. The van der Waals surface area contributed by atoms with Crippen LogP contribution in [0.3, 0.4) is 0 Å². The molecule has 1 aromatic heterocycles. The molecule has 0 radical (unpaired) electrons. The summed E-state index contributed by atoms with van der Waals surface area (Å²) in [7, 11) is 0. The molecule has 0 aliphatic carbocycles. The Morgan fingerprint density at radius 3 is 2.87 bits per heavy atom. The molecule has 0 bridgehead atoms. The number of aliphatic hydroxyl groups excluding tert-OH is 1. The van der Waals surface area contributed by atoms with Crippen molar-refractivity contribution in [2.45, 2.75) is 6.10 Å². The lowest BCUT2D eigenvalue weighted by molar-refractivity contribution is -0.135. The minimum absolute atomic E-state index is 0.104. The molecule has 0 saturated carbocycles. The summed E-state index contributed by atoms with van der Waals surface area (Å²) in [4.78, 5) is 13.0. The van der Waals surface area contributed by atoms with E-state index in [1.54, 1.807) is 23.1 Å². The highest BCUT2D eigenvalue weighted by Crippen LogP contribution is 2.15. The third kappa shape index (κ3) is 2.49. The van der Waals surface area contributed by atoms with Crippen molar-refractivity contribution in [3.63, 3.8) is 0 Å². The van der Waals surface area contributed by atoms with Gasteiger partial charge in [-0.2, -0.15) is 0 Å². The Labute approximate surface area is 95.3 Å². The fourth-order valence-electron chi connectivity index (χ4n) is 1.31. The van der Waals surface area contributed by atoms with E-state index in [9.17, 15) is 4.79 Å². The van der Waals surface area contributed by atoms with E-state index in [1.807, 2.05) is 0 Å². The van der Waals surface area contributed by atoms with E-state index in [-0.39, 0.29) is 12.0 Å². The average Bonchev–Trinajstić information content (AvgIpc) is 2.56. The number of nitrogens with zero attached hydrogens (tertiary/aromatic N) is 1. The van der Waals surface area contributed by atoms with Gasteiger partial charge in [0.1, 0.15) is 5.76 Å². The first-order valence-corrected chi connectivity index (χ1v) is 5.35. The molecule has 1 saturated heterocycles. The van der Waals surface area contributed by atoms with Crippen LogP contribution < -0.4 is 0 Å². The van der Waals surface area contributed by atoms with E-state index < -0.39 is 0 Å². The largest absolute Gasteiger partial charge is 0.450 e. The van der Waals surface area contributed by atoms with Crippen LogP contribution in [0.2, 0.25) is 0 Å². The van der Waals surface area contributed by atoms with Gasteiger partial charge in [0.2, 0.25) is 5.91 Å². The van der Waals surface area contributed by atoms with E-state index in [1.165, 1.54) is 6.08 Å². The molecule has 0 aromatic carbocycles. The quantitative estimate of drug-likeness (QED) is 0.824. The van der Waals surface area contributed by atoms with Crippen LogP contribution in [-0.4, -0.2) is 35.1 Å². The fourth-order valence-corrected chi connectivity index (χ4v) is 1.63. The van der Waals surface area contributed by atoms with Gasteiger partial charge in [0, 0.05) is 19.2 Å². The number of rotatable bonds is 2. The second kappa shape index (κ2) is 4.20. The predicted octanol–water partition coefficient (Wildman–Crippen LogP) is 1.26. The van der Waals surface area contributed by atoms with Crippen LogP contribution in [0.25, 0.3) is 6.08 Å². The van der Waals surface area contributed by atoms with Gasteiger partial charge in [-0.25, -0.2) is 0 Å². The van der Waals surface area contributed by atoms with Crippen LogP contribution >= 0.6 is 15.9 Å². The van der Waals surface area contributed by atoms with Crippen LogP contribution in [0.4, 0.5) is 0 Å². The van der Waals surface area contributed by atoms with Gasteiger partial charge in [-0.1, -0.05) is 0 Å². The molecule has 0 spiro atoms. The van der Waals surface area contributed by atoms with Crippen molar-refractivity contribution in [1.82, 2.24) is 4.90 Å².